The summed E-state index contributed by atoms with van der Waals surface area (Å²) in [5.41, 5.74) is -0.305. The summed E-state index contributed by atoms with van der Waals surface area (Å²) in [6, 6.07) is 0. The number of hydrogen-bond acceptors (Lipinski definition) is 3. The molecule has 4 aliphatic rings. The van der Waals surface area contributed by atoms with E-state index in [1.165, 1.54) is 6.42 Å². The van der Waals surface area contributed by atoms with Gasteiger partial charge in [-0.25, -0.2) is 0 Å². The summed E-state index contributed by atoms with van der Waals surface area (Å²) in [4.78, 5) is 14.8. The van der Waals surface area contributed by atoms with Gasteiger partial charge in [0.15, 0.2) is 12.0 Å². The van der Waals surface area contributed by atoms with Crippen LogP contribution in [-0.4, -0.2) is 35.0 Å². The maximum atomic E-state index is 12.9. The Balaban J connectivity index is 1.85. The van der Waals surface area contributed by atoms with Gasteiger partial charge in [0, 0.05) is 24.8 Å². The van der Waals surface area contributed by atoms with Crippen molar-refractivity contribution in [3.05, 3.63) is 12.7 Å². The van der Waals surface area contributed by atoms with Gasteiger partial charge in [0.2, 0.25) is 5.91 Å². The number of amides is 1. The van der Waals surface area contributed by atoms with Crippen LogP contribution >= 0.6 is 0 Å². The quantitative estimate of drug-likeness (QED) is 0.736. The molecule has 0 radical (unpaired) electrons. The van der Waals surface area contributed by atoms with Crippen LogP contribution in [0.3, 0.4) is 0 Å². The Morgan fingerprint density at radius 1 is 1.32 bits per heavy atom. The van der Waals surface area contributed by atoms with Gasteiger partial charge in [-0.3, -0.25) is 4.79 Å². The monoisotopic (exact) mass is 305 g/mol. The zero-order valence-corrected chi connectivity index (χ0v) is 13.9. The minimum atomic E-state index is -0.528. The van der Waals surface area contributed by atoms with Crippen LogP contribution in [0.4, 0.5) is 0 Å². The fraction of sp³-hybridized carbons (Fsp3) is 0.833. The Morgan fingerprint density at radius 3 is 2.82 bits per heavy atom. The van der Waals surface area contributed by atoms with Crippen LogP contribution in [0.5, 0.6) is 0 Å². The second kappa shape index (κ2) is 4.57. The second-order valence-corrected chi connectivity index (χ2v) is 7.93. The fourth-order valence-electron chi connectivity index (χ4n) is 5.74. The van der Waals surface area contributed by atoms with Gasteiger partial charge in [0.05, 0.1) is 0 Å². The van der Waals surface area contributed by atoms with Gasteiger partial charge >= 0.3 is 0 Å². The average molecular weight is 305 g/mol. The Morgan fingerprint density at radius 2 is 2.09 bits per heavy atom. The van der Waals surface area contributed by atoms with Crippen molar-refractivity contribution in [2.45, 2.75) is 64.1 Å². The molecule has 3 saturated heterocycles. The maximum Gasteiger partial charge on any atom is 0.228 e. The molecule has 2 bridgehead atoms. The number of fused-ring (bicyclic) bond motifs is 1. The van der Waals surface area contributed by atoms with Crippen molar-refractivity contribution in [1.29, 1.82) is 0 Å². The smallest absolute Gasteiger partial charge is 0.228 e. The minimum Gasteiger partial charge on any atom is -0.338 e. The van der Waals surface area contributed by atoms with E-state index in [0.717, 1.165) is 19.3 Å². The van der Waals surface area contributed by atoms with Crippen LogP contribution in [-0.2, 0) is 14.3 Å². The zero-order chi connectivity index (χ0) is 15.7. The SMILES string of the molecule is C=CCN1C(=O)[C@H](C)C2CC[C@@H](C)[C@@H]3CC[C@]4(C)O[C@@H]1[C@]23O4. The molecule has 4 nitrogen and oxygen atoms in total. The summed E-state index contributed by atoms with van der Waals surface area (Å²) in [7, 11) is 0. The van der Waals surface area contributed by atoms with E-state index >= 15 is 0 Å². The molecular weight excluding hydrogens is 278 g/mol. The van der Waals surface area contributed by atoms with Gasteiger partial charge in [0.25, 0.3) is 0 Å². The number of carbonyl (C=O) groups excluding carboxylic acids is 1. The second-order valence-electron chi connectivity index (χ2n) is 7.93. The molecule has 0 N–H and O–H groups in total. The summed E-state index contributed by atoms with van der Waals surface area (Å²) < 4.78 is 13.0. The van der Waals surface area contributed by atoms with Gasteiger partial charge < -0.3 is 14.4 Å². The Hall–Kier alpha value is -0.870. The molecule has 1 amide bonds. The predicted molar refractivity (Wildman–Crippen MR) is 82.8 cm³/mol. The van der Waals surface area contributed by atoms with Crippen LogP contribution in [0.15, 0.2) is 12.7 Å². The van der Waals surface area contributed by atoms with E-state index in [1.54, 1.807) is 6.08 Å². The number of carbonyl (C=O) groups is 1. The molecule has 1 saturated carbocycles. The van der Waals surface area contributed by atoms with Crippen LogP contribution in [0, 0.1) is 23.7 Å². The summed E-state index contributed by atoms with van der Waals surface area (Å²) in [6.07, 6.45) is 5.91. The van der Waals surface area contributed by atoms with Crippen molar-refractivity contribution in [3.8, 4) is 0 Å². The largest absolute Gasteiger partial charge is 0.338 e. The molecule has 0 aromatic rings. The van der Waals surface area contributed by atoms with Crippen LogP contribution in [0.2, 0.25) is 0 Å². The van der Waals surface area contributed by atoms with Crippen molar-refractivity contribution in [1.82, 2.24) is 4.90 Å². The highest BCUT2D eigenvalue weighted by Crippen LogP contribution is 2.63. The molecule has 0 aromatic heterocycles. The highest BCUT2D eigenvalue weighted by Gasteiger charge is 2.72. The number of piperidine rings is 1. The van der Waals surface area contributed by atoms with Crippen LogP contribution in [0.25, 0.3) is 0 Å². The first-order chi connectivity index (χ1) is 10.4. The van der Waals surface area contributed by atoms with Gasteiger partial charge in [0.1, 0.15) is 5.60 Å². The normalized spacial score (nSPS) is 53.3. The Bertz CT molecular complexity index is 520. The van der Waals surface area contributed by atoms with E-state index in [1.807, 2.05) is 11.8 Å². The molecule has 7 atom stereocenters. The fourth-order valence-corrected chi connectivity index (χ4v) is 5.74. The highest BCUT2D eigenvalue weighted by molar-refractivity contribution is 5.81. The van der Waals surface area contributed by atoms with Crippen molar-refractivity contribution < 1.29 is 14.3 Å². The van der Waals surface area contributed by atoms with E-state index < -0.39 is 5.79 Å². The molecule has 0 aromatic carbocycles. The van der Waals surface area contributed by atoms with E-state index in [2.05, 4.69) is 20.4 Å². The molecule has 1 spiro atoms. The molecule has 1 unspecified atom stereocenters. The zero-order valence-electron chi connectivity index (χ0n) is 13.9. The lowest BCUT2D eigenvalue weighted by molar-refractivity contribution is -0.254. The van der Waals surface area contributed by atoms with Crippen LogP contribution in [0.1, 0.15) is 46.5 Å². The summed E-state index contributed by atoms with van der Waals surface area (Å²) in [5, 5.41) is 0. The predicted octanol–water partition coefficient (Wildman–Crippen LogP) is 2.93. The highest BCUT2D eigenvalue weighted by atomic mass is 16.8. The Kier molecular flexibility index (Phi) is 3.06. The third kappa shape index (κ3) is 1.63. The molecule has 3 heterocycles. The van der Waals surface area contributed by atoms with E-state index in [4.69, 9.17) is 9.47 Å². The standard InChI is InChI=1S/C18H27NO3/c1-5-10-19-15(20)12(3)14-7-6-11(2)13-8-9-17(4)21-16(19)18(13,14)22-17/h5,11-14,16H,1,6-10H2,2-4H3/t11-,12-,13+,14?,16-,17-,18-/m1/s1. The van der Waals surface area contributed by atoms with Gasteiger partial charge in [-0.2, -0.15) is 0 Å². The van der Waals surface area contributed by atoms with Crippen LogP contribution < -0.4 is 0 Å². The van der Waals surface area contributed by atoms with Gasteiger partial charge in [-0.1, -0.05) is 19.9 Å². The van der Waals surface area contributed by atoms with E-state index in [0.29, 0.717) is 18.4 Å². The van der Waals surface area contributed by atoms with E-state index in [-0.39, 0.29) is 29.6 Å². The maximum absolute atomic E-state index is 12.9. The minimum absolute atomic E-state index is 0.00949. The van der Waals surface area contributed by atoms with Crippen molar-refractivity contribution in [2.24, 2.45) is 23.7 Å². The first-order valence-corrected chi connectivity index (χ1v) is 8.72. The molecule has 4 fully saturated rings. The number of ether oxygens (including phenoxy) is 2. The summed E-state index contributed by atoms with van der Waals surface area (Å²) in [6.45, 7) is 10.8. The first kappa shape index (κ1) is 14.7. The number of hydrogen-bond donors (Lipinski definition) is 0. The lowest BCUT2D eigenvalue weighted by atomic mass is 9.56. The molecule has 1 aliphatic carbocycles. The topological polar surface area (TPSA) is 38.8 Å². The van der Waals surface area contributed by atoms with Gasteiger partial charge in [-0.15, -0.1) is 6.58 Å². The number of rotatable bonds is 2. The lowest BCUT2D eigenvalue weighted by Crippen LogP contribution is -2.70. The van der Waals surface area contributed by atoms with E-state index in [9.17, 15) is 4.79 Å². The third-order valence-electron chi connectivity index (χ3n) is 6.71. The van der Waals surface area contributed by atoms with Crippen molar-refractivity contribution in [3.63, 3.8) is 0 Å². The van der Waals surface area contributed by atoms with Crippen molar-refractivity contribution >= 4 is 5.91 Å². The molecule has 22 heavy (non-hydrogen) atoms. The molecule has 3 aliphatic heterocycles. The average Bonchev–Trinajstić information content (AvgIpc) is 2.70. The lowest BCUT2D eigenvalue weighted by Gasteiger charge is -2.59. The molecule has 4 rings (SSSR count). The third-order valence-corrected chi connectivity index (χ3v) is 6.71. The summed E-state index contributed by atoms with van der Waals surface area (Å²) >= 11 is 0. The number of nitrogens with zero attached hydrogens (tertiary/aromatic N) is 1. The molecule has 122 valence electrons. The molecule has 4 heteroatoms. The van der Waals surface area contributed by atoms with Gasteiger partial charge in [-0.05, 0) is 38.0 Å². The first-order valence-electron chi connectivity index (χ1n) is 8.72. The molecular formula is C18H27NO3. The number of likely N-dealkylation sites (tertiary alicyclic amines) is 1. The Labute approximate surface area is 132 Å². The van der Waals surface area contributed by atoms with Crippen molar-refractivity contribution in [2.75, 3.05) is 6.54 Å². The summed E-state index contributed by atoms with van der Waals surface area (Å²) in [5.74, 6) is 1.10.